The average molecular weight is 189 g/mol. The molecule has 0 radical (unpaired) electrons. The number of rotatable bonds is 1. The molecule has 0 heterocycles. The third-order valence-corrected chi connectivity index (χ3v) is 1.80. The smallest absolute Gasteiger partial charge is 0.287 e. The molecule has 0 N–H and O–H groups in total. The van der Waals surface area contributed by atoms with Crippen LogP contribution in [0.1, 0.15) is 5.56 Å². The first-order chi connectivity index (χ1) is 5.91. The van der Waals surface area contributed by atoms with Crippen molar-refractivity contribution in [3.63, 3.8) is 0 Å². The molecule has 1 aromatic carbocycles. The maximum absolute atomic E-state index is 12.2. The zero-order valence-corrected chi connectivity index (χ0v) is 7.39. The highest BCUT2D eigenvalue weighted by molar-refractivity contribution is 5.47. The van der Waals surface area contributed by atoms with Crippen LogP contribution in [-0.2, 0) is 0 Å². The van der Waals surface area contributed by atoms with Crippen molar-refractivity contribution in [1.29, 1.82) is 0 Å². The first-order valence-corrected chi connectivity index (χ1v) is 3.78. The third kappa shape index (κ3) is 2.37. The Labute approximate surface area is 74.8 Å². The summed E-state index contributed by atoms with van der Waals surface area (Å²) in [5.74, 6) is 0. The molecule has 0 saturated heterocycles. The highest BCUT2D eigenvalue weighted by Gasteiger charge is 2.34. The number of hydrogen-bond donors (Lipinski definition) is 0. The van der Waals surface area contributed by atoms with E-state index in [0.29, 0.717) is 0 Å². The second-order valence-electron chi connectivity index (χ2n) is 2.86. The summed E-state index contributed by atoms with van der Waals surface area (Å²) in [5, 5.41) is 0. The third-order valence-electron chi connectivity index (χ3n) is 1.80. The van der Waals surface area contributed by atoms with Gasteiger partial charge in [-0.15, -0.1) is 0 Å². The van der Waals surface area contributed by atoms with E-state index < -0.39 is 6.30 Å². The van der Waals surface area contributed by atoms with Gasteiger partial charge in [0.1, 0.15) is 0 Å². The van der Waals surface area contributed by atoms with Crippen LogP contribution in [0.3, 0.4) is 0 Å². The SMILES string of the molecule is Cc1ccc(N(C)C(F)(F)F)cc1. The molecule has 4 heteroatoms. The number of hydrogen-bond acceptors (Lipinski definition) is 1. The van der Waals surface area contributed by atoms with Crippen LogP contribution >= 0.6 is 0 Å². The molecule has 0 spiro atoms. The monoisotopic (exact) mass is 189 g/mol. The van der Waals surface area contributed by atoms with Crippen LogP contribution in [-0.4, -0.2) is 13.3 Å². The quantitative estimate of drug-likeness (QED) is 0.614. The molecule has 1 rings (SSSR count). The average Bonchev–Trinajstić information content (AvgIpc) is 2.03. The molecule has 0 amide bonds. The standard InChI is InChI=1S/C9H10F3N/c1-7-3-5-8(6-4-7)13(2)9(10,11)12/h3-6H,1-2H3. The minimum Gasteiger partial charge on any atom is -0.287 e. The Morgan fingerprint density at radius 1 is 1.08 bits per heavy atom. The predicted molar refractivity (Wildman–Crippen MR) is 45.6 cm³/mol. The molecule has 0 aliphatic rings. The van der Waals surface area contributed by atoms with Gasteiger partial charge in [-0.05, 0) is 19.1 Å². The van der Waals surface area contributed by atoms with Gasteiger partial charge in [-0.3, -0.25) is 4.90 Å². The Morgan fingerprint density at radius 2 is 1.54 bits per heavy atom. The molecule has 1 aromatic rings. The number of alkyl halides is 3. The highest BCUT2D eigenvalue weighted by atomic mass is 19.4. The van der Waals surface area contributed by atoms with Gasteiger partial charge in [-0.1, -0.05) is 17.7 Å². The Morgan fingerprint density at radius 3 is 1.92 bits per heavy atom. The minimum atomic E-state index is -4.31. The van der Waals surface area contributed by atoms with Gasteiger partial charge in [0.05, 0.1) is 0 Å². The van der Waals surface area contributed by atoms with Crippen LogP contribution < -0.4 is 4.90 Å². The molecule has 1 nitrogen and oxygen atoms in total. The van der Waals surface area contributed by atoms with E-state index in [1.807, 2.05) is 6.92 Å². The Kier molecular flexibility index (Phi) is 2.50. The zero-order valence-electron chi connectivity index (χ0n) is 7.39. The molecule has 0 aromatic heterocycles. The van der Waals surface area contributed by atoms with Gasteiger partial charge in [0.25, 0.3) is 0 Å². The zero-order chi connectivity index (χ0) is 10.1. The molecule has 0 aliphatic carbocycles. The van der Waals surface area contributed by atoms with E-state index in [1.165, 1.54) is 12.1 Å². The second kappa shape index (κ2) is 3.28. The van der Waals surface area contributed by atoms with Crippen molar-refractivity contribution in [2.75, 3.05) is 11.9 Å². The molecule has 72 valence electrons. The summed E-state index contributed by atoms with van der Waals surface area (Å²) in [5.41, 5.74) is 1.09. The summed E-state index contributed by atoms with van der Waals surface area (Å²) >= 11 is 0. The van der Waals surface area contributed by atoms with Gasteiger partial charge >= 0.3 is 6.30 Å². The van der Waals surface area contributed by atoms with Crippen molar-refractivity contribution in [2.45, 2.75) is 13.2 Å². The molecular weight excluding hydrogens is 179 g/mol. The largest absolute Gasteiger partial charge is 0.484 e. The van der Waals surface area contributed by atoms with Crippen molar-refractivity contribution in [2.24, 2.45) is 0 Å². The second-order valence-corrected chi connectivity index (χ2v) is 2.86. The molecule has 0 aliphatic heterocycles. The summed E-state index contributed by atoms with van der Waals surface area (Å²) in [7, 11) is 1.00. The summed E-state index contributed by atoms with van der Waals surface area (Å²) in [6.45, 7) is 1.83. The van der Waals surface area contributed by atoms with E-state index in [2.05, 4.69) is 0 Å². The summed E-state index contributed by atoms with van der Waals surface area (Å²) in [4.78, 5) is 0.284. The van der Waals surface area contributed by atoms with E-state index in [4.69, 9.17) is 0 Å². The lowest BCUT2D eigenvalue weighted by molar-refractivity contribution is -0.125. The van der Waals surface area contributed by atoms with Gasteiger partial charge in [0.2, 0.25) is 0 Å². The first-order valence-electron chi connectivity index (χ1n) is 3.78. The van der Waals surface area contributed by atoms with Crippen LogP contribution in [0.2, 0.25) is 0 Å². The van der Waals surface area contributed by atoms with Crippen LogP contribution in [0.4, 0.5) is 18.9 Å². The lowest BCUT2D eigenvalue weighted by atomic mass is 10.2. The topological polar surface area (TPSA) is 3.24 Å². The molecule has 0 fully saturated rings. The fourth-order valence-corrected chi connectivity index (χ4v) is 0.915. The number of nitrogens with zero attached hydrogens (tertiary/aromatic N) is 1. The molecular formula is C9H10F3N. The minimum absolute atomic E-state index is 0.151. The van der Waals surface area contributed by atoms with Gasteiger partial charge in [-0.2, -0.15) is 13.2 Å². The molecule has 13 heavy (non-hydrogen) atoms. The molecule has 0 saturated carbocycles. The fourth-order valence-electron chi connectivity index (χ4n) is 0.915. The summed E-state index contributed by atoms with van der Waals surface area (Å²) in [6, 6.07) is 6.20. The predicted octanol–water partition coefficient (Wildman–Crippen LogP) is 2.95. The molecule has 0 unspecified atom stereocenters. The van der Waals surface area contributed by atoms with Crippen molar-refractivity contribution in [3.05, 3.63) is 29.8 Å². The lowest BCUT2D eigenvalue weighted by Crippen LogP contribution is -2.33. The summed E-state index contributed by atoms with van der Waals surface area (Å²) in [6.07, 6.45) is -4.31. The van der Waals surface area contributed by atoms with Crippen molar-refractivity contribution >= 4 is 5.69 Å². The van der Waals surface area contributed by atoms with Crippen molar-refractivity contribution in [3.8, 4) is 0 Å². The van der Waals surface area contributed by atoms with E-state index in [0.717, 1.165) is 12.6 Å². The number of anilines is 1. The number of benzene rings is 1. The summed E-state index contributed by atoms with van der Waals surface area (Å²) < 4.78 is 36.5. The van der Waals surface area contributed by atoms with Gasteiger partial charge in [-0.25, -0.2) is 0 Å². The van der Waals surface area contributed by atoms with Gasteiger partial charge in [0, 0.05) is 12.7 Å². The van der Waals surface area contributed by atoms with Crippen molar-refractivity contribution < 1.29 is 13.2 Å². The fraction of sp³-hybridized carbons (Fsp3) is 0.333. The van der Waals surface area contributed by atoms with Crippen LogP contribution in [0.25, 0.3) is 0 Å². The van der Waals surface area contributed by atoms with E-state index in [-0.39, 0.29) is 10.6 Å². The maximum Gasteiger partial charge on any atom is 0.484 e. The number of aryl methyl sites for hydroxylation is 1. The van der Waals surface area contributed by atoms with Crippen molar-refractivity contribution in [1.82, 2.24) is 0 Å². The van der Waals surface area contributed by atoms with Gasteiger partial charge in [0.15, 0.2) is 0 Å². The van der Waals surface area contributed by atoms with E-state index >= 15 is 0 Å². The highest BCUT2D eigenvalue weighted by Crippen LogP contribution is 2.26. The van der Waals surface area contributed by atoms with E-state index in [1.54, 1.807) is 12.1 Å². The van der Waals surface area contributed by atoms with E-state index in [9.17, 15) is 13.2 Å². The molecule has 0 bridgehead atoms. The van der Waals surface area contributed by atoms with Gasteiger partial charge < -0.3 is 0 Å². The Bertz CT molecular complexity index is 276. The van der Waals surface area contributed by atoms with Crippen LogP contribution in [0, 0.1) is 6.92 Å². The lowest BCUT2D eigenvalue weighted by Gasteiger charge is -2.21. The normalized spacial score (nSPS) is 11.5. The first kappa shape index (κ1) is 9.89. The molecule has 0 atom stereocenters. The maximum atomic E-state index is 12.2. The number of halogens is 3. The Balaban J connectivity index is 2.90. The van der Waals surface area contributed by atoms with Crippen LogP contribution in [0.15, 0.2) is 24.3 Å². The Hall–Kier alpha value is -1.19. The van der Waals surface area contributed by atoms with Crippen LogP contribution in [0.5, 0.6) is 0 Å².